The fourth-order valence-corrected chi connectivity index (χ4v) is 4.21. The summed E-state index contributed by atoms with van der Waals surface area (Å²) in [6, 6.07) is 17.3. The second-order valence-corrected chi connectivity index (χ2v) is 7.98. The maximum Gasteiger partial charge on any atom is 0.261 e. The van der Waals surface area contributed by atoms with Gasteiger partial charge in [-0.25, -0.2) is 13.4 Å². The van der Waals surface area contributed by atoms with Gasteiger partial charge in [0.15, 0.2) is 0 Å². The van der Waals surface area contributed by atoms with Crippen molar-refractivity contribution in [3.63, 3.8) is 0 Å². The maximum absolute atomic E-state index is 12.8. The minimum absolute atomic E-state index is 0.170. The van der Waals surface area contributed by atoms with Gasteiger partial charge >= 0.3 is 0 Å². The number of rotatable bonds is 6. The molecule has 7 nitrogen and oxygen atoms in total. The van der Waals surface area contributed by atoms with E-state index in [1.165, 1.54) is 25.4 Å². The van der Waals surface area contributed by atoms with Crippen LogP contribution in [-0.4, -0.2) is 32.6 Å². The van der Waals surface area contributed by atoms with Crippen LogP contribution in [0.5, 0.6) is 11.6 Å². The van der Waals surface area contributed by atoms with Crippen LogP contribution in [0.2, 0.25) is 0 Å². The van der Waals surface area contributed by atoms with E-state index in [0.29, 0.717) is 22.8 Å². The summed E-state index contributed by atoms with van der Waals surface area (Å²) in [5, 5.41) is 0.919. The van der Waals surface area contributed by atoms with E-state index < -0.39 is 10.0 Å². The number of nitrogens with zero attached hydrogens (tertiary/aromatic N) is 1. The highest BCUT2D eigenvalue weighted by atomic mass is 32.2. The summed E-state index contributed by atoms with van der Waals surface area (Å²) in [5.41, 5.74) is 2.43. The first-order valence-electron chi connectivity index (χ1n) is 8.80. The molecule has 0 unspecified atom stereocenters. The molecule has 0 saturated heterocycles. The molecule has 0 atom stereocenters. The summed E-state index contributed by atoms with van der Waals surface area (Å²) < 4.78 is 39.0. The molecule has 2 heterocycles. The summed E-state index contributed by atoms with van der Waals surface area (Å²) in [6.45, 7) is 0. The van der Waals surface area contributed by atoms with Gasteiger partial charge in [0.25, 0.3) is 10.0 Å². The van der Waals surface area contributed by atoms with Crippen molar-refractivity contribution in [2.75, 3.05) is 18.9 Å². The van der Waals surface area contributed by atoms with Crippen LogP contribution in [0.1, 0.15) is 0 Å². The summed E-state index contributed by atoms with van der Waals surface area (Å²) >= 11 is 0. The average Bonchev–Trinajstić information content (AvgIpc) is 3.16. The number of nitrogens with one attached hydrogen (secondary N) is 2. The molecule has 0 saturated carbocycles. The van der Waals surface area contributed by atoms with Crippen LogP contribution in [-0.2, 0) is 10.0 Å². The standard InChI is InChI=1S/C21H19N3O4S/c1-27-15-8-9-17-14(12-15)13-19(23-17)20-18(10-11-22-21(20)28-2)24-29(25,26)16-6-4-3-5-7-16/h3-13,23H,1-2H3,(H,22,24). The quantitative estimate of drug-likeness (QED) is 0.501. The lowest BCUT2D eigenvalue weighted by Crippen LogP contribution is -2.14. The second-order valence-electron chi connectivity index (χ2n) is 6.30. The minimum atomic E-state index is -3.78. The van der Waals surface area contributed by atoms with Gasteiger partial charge in [0.05, 0.1) is 36.1 Å². The third kappa shape index (κ3) is 3.62. The molecule has 2 aromatic carbocycles. The third-order valence-corrected chi connectivity index (χ3v) is 5.89. The Morgan fingerprint density at radius 1 is 0.966 bits per heavy atom. The van der Waals surface area contributed by atoms with Crippen molar-refractivity contribution >= 4 is 26.6 Å². The number of pyridine rings is 1. The molecule has 2 N–H and O–H groups in total. The van der Waals surface area contributed by atoms with Gasteiger partial charge < -0.3 is 14.5 Å². The molecule has 29 heavy (non-hydrogen) atoms. The molecule has 4 aromatic rings. The zero-order valence-electron chi connectivity index (χ0n) is 15.8. The van der Waals surface area contributed by atoms with Crippen molar-refractivity contribution in [3.8, 4) is 22.9 Å². The lowest BCUT2D eigenvalue weighted by atomic mass is 10.1. The Balaban J connectivity index is 1.84. The maximum atomic E-state index is 12.8. The Morgan fingerprint density at radius 2 is 1.76 bits per heavy atom. The Morgan fingerprint density at radius 3 is 2.48 bits per heavy atom. The molecule has 2 aromatic heterocycles. The number of hydrogen-bond donors (Lipinski definition) is 2. The van der Waals surface area contributed by atoms with E-state index in [2.05, 4.69) is 14.7 Å². The highest BCUT2D eigenvalue weighted by molar-refractivity contribution is 7.92. The molecule has 4 rings (SSSR count). The number of H-pyrrole nitrogens is 1. The minimum Gasteiger partial charge on any atom is -0.497 e. The number of fused-ring (bicyclic) bond motifs is 1. The lowest BCUT2D eigenvalue weighted by molar-refractivity contribution is 0.400. The number of aromatic nitrogens is 2. The monoisotopic (exact) mass is 409 g/mol. The molecule has 148 valence electrons. The largest absolute Gasteiger partial charge is 0.497 e. The van der Waals surface area contributed by atoms with Crippen molar-refractivity contribution in [1.82, 2.24) is 9.97 Å². The summed E-state index contributed by atoms with van der Waals surface area (Å²) in [5.74, 6) is 1.03. The summed E-state index contributed by atoms with van der Waals surface area (Å²) in [4.78, 5) is 7.70. The Kier molecular flexibility index (Phi) is 4.85. The first-order valence-corrected chi connectivity index (χ1v) is 10.3. The third-order valence-electron chi connectivity index (χ3n) is 4.50. The van der Waals surface area contributed by atoms with Gasteiger partial charge in [0.1, 0.15) is 5.75 Å². The molecule has 0 aliphatic carbocycles. The fourth-order valence-electron chi connectivity index (χ4n) is 3.12. The van der Waals surface area contributed by atoms with E-state index in [4.69, 9.17) is 9.47 Å². The Labute approximate surface area is 168 Å². The lowest BCUT2D eigenvalue weighted by Gasteiger charge is -2.14. The van der Waals surface area contributed by atoms with E-state index in [9.17, 15) is 8.42 Å². The predicted molar refractivity (Wildman–Crippen MR) is 112 cm³/mol. The van der Waals surface area contributed by atoms with Crippen molar-refractivity contribution in [1.29, 1.82) is 0 Å². The molecule has 8 heteroatoms. The van der Waals surface area contributed by atoms with Crippen LogP contribution in [0, 0.1) is 0 Å². The molecule has 0 amide bonds. The molecule has 0 radical (unpaired) electrons. The SMILES string of the molecule is COc1ccc2[nH]c(-c3c(NS(=O)(=O)c4ccccc4)ccnc3OC)cc2c1. The van der Waals surface area contributed by atoms with E-state index in [1.54, 1.807) is 31.4 Å². The van der Waals surface area contributed by atoms with Gasteiger partial charge in [-0.15, -0.1) is 0 Å². The van der Waals surface area contributed by atoms with Gasteiger partial charge in [-0.05, 0) is 42.5 Å². The fraction of sp³-hybridized carbons (Fsp3) is 0.0952. The van der Waals surface area contributed by atoms with E-state index in [1.807, 2.05) is 24.3 Å². The predicted octanol–water partition coefficient (Wildman–Crippen LogP) is 4.05. The number of sulfonamides is 1. The zero-order chi connectivity index (χ0) is 20.4. The topological polar surface area (TPSA) is 93.3 Å². The zero-order valence-corrected chi connectivity index (χ0v) is 16.7. The van der Waals surface area contributed by atoms with Crippen molar-refractivity contribution in [2.24, 2.45) is 0 Å². The number of anilines is 1. The van der Waals surface area contributed by atoms with E-state index in [-0.39, 0.29) is 4.90 Å². The smallest absolute Gasteiger partial charge is 0.261 e. The van der Waals surface area contributed by atoms with Gasteiger partial charge in [-0.1, -0.05) is 18.2 Å². The first kappa shape index (κ1) is 18.8. The molecule has 0 aliphatic heterocycles. The molecule has 0 bridgehead atoms. The number of benzene rings is 2. The van der Waals surface area contributed by atoms with Crippen molar-refractivity contribution in [2.45, 2.75) is 4.90 Å². The number of methoxy groups -OCH3 is 2. The molecule has 0 fully saturated rings. The second kappa shape index (κ2) is 7.48. The Bertz CT molecular complexity index is 1270. The van der Waals surface area contributed by atoms with Crippen molar-refractivity contribution in [3.05, 3.63) is 66.9 Å². The summed E-state index contributed by atoms with van der Waals surface area (Å²) in [7, 11) is -0.677. The first-order chi connectivity index (χ1) is 14.0. The number of ether oxygens (including phenoxy) is 2. The van der Waals surface area contributed by atoms with Crippen LogP contribution in [0.15, 0.2) is 71.8 Å². The number of hydrogen-bond acceptors (Lipinski definition) is 5. The van der Waals surface area contributed by atoms with Gasteiger partial charge in [-0.2, -0.15) is 0 Å². The van der Waals surface area contributed by atoms with Crippen LogP contribution in [0.25, 0.3) is 22.2 Å². The number of aromatic amines is 1. The van der Waals surface area contributed by atoms with Gasteiger partial charge in [-0.3, -0.25) is 4.72 Å². The van der Waals surface area contributed by atoms with Gasteiger partial charge in [0.2, 0.25) is 5.88 Å². The van der Waals surface area contributed by atoms with Crippen LogP contribution < -0.4 is 14.2 Å². The summed E-state index contributed by atoms with van der Waals surface area (Å²) in [6.07, 6.45) is 1.50. The van der Waals surface area contributed by atoms with Gasteiger partial charge in [0, 0.05) is 17.1 Å². The molecular weight excluding hydrogens is 390 g/mol. The van der Waals surface area contributed by atoms with Crippen molar-refractivity contribution < 1.29 is 17.9 Å². The molecule has 0 aliphatic rings. The normalized spacial score (nSPS) is 11.4. The Hall–Kier alpha value is -3.52. The van der Waals surface area contributed by atoms with Crippen LogP contribution in [0.3, 0.4) is 0 Å². The molecule has 0 spiro atoms. The van der Waals surface area contributed by atoms with Crippen LogP contribution in [0.4, 0.5) is 5.69 Å². The highest BCUT2D eigenvalue weighted by Gasteiger charge is 2.21. The molecular formula is C21H19N3O4S. The average molecular weight is 409 g/mol. The van der Waals surface area contributed by atoms with E-state index >= 15 is 0 Å². The van der Waals surface area contributed by atoms with E-state index in [0.717, 1.165) is 16.7 Å². The highest BCUT2D eigenvalue weighted by Crippen LogP contribution is 2.37. The van der Waals surface area contributed by atoms with Crippen LogP contribution >= 0.6 is 0 Å².